The topological polar surface area (TPSA) is 3.24 Å². The minimum atomic E-state index is 0.143. The quantitative estimate of drug-likeness (QED) is 0.649. The highest BCUT2D eigenvalue weighted by molar-refractivity contribution is 7.47. The fourth-order valence-electron chi connectivity index (χ4n) is 2.52. The van der Waals surface area contributed by atoms with Crippen LogP contribution >= 0.6 is 8.20 Å². The molecule has 0 N–H and O–H groups in total. The predicted molar refractivity (Wildman–Crippen MR) is 109 cm³/mol. The molecule has 0 saturated heterocycles. The van der Waals surface area contributed by atoms with E-state index >= 15 is 0 Å². The fraction of sp³-hybridized carbons (Fsp3) is 0.667. The molecule has 2 heteroatoms. The Balaban J connectivity index is 3.82. The van der Waals surface area contributed by atoms with Crippen molar-refractivity contribution < 1.29 is 0 Å². The van der Waals surface area contributed by atoms with Gasteiger partial charge >= 0.3 is 0 Å². The summed E-state index contributed by atoms with van der Waals surface area (Å²) in [5, 5.41) is 1.48. The van der Waals surface area contributed by atoms with Crippen molar-refractivity contribution in [3.05, 3.63) is 28.8 Å². The lowest BCUT2D eigenvalue weighted by atomic mass is 9.75. The van der Waals surface area contributed by atoms with E-state index in [4.69, 9.17) is 0 Å². The van der Waals surface area contributed by atoms with Gasteiger partial charge < -0.3 is 0 Å². The fourth-order valence-corrected chi connectivity index (χ4v) is 3.95. The SMILES string of the molecule is CN(C)C=Pc1c(C(C)(C)C)cc(C(C)(C)C)cc1C(C)(C)C. The third-order valence-corrected chi connectivity index (χ3v) is 5.33. The molecule has 0 aliphatic rings. The first-order valence-electron chi connectivity index (χ1n) is 8.54. The third-order valence-electron chi connectivity index (χ3n) is 4.01. The second kappa shape index (κ2) is 6.69. The van der Waals surface area contributed by atoms with Gasteiger partial charge in [0.1, 0.15) is 0 Å². The third kappa shape index (κ3) is 5.44. The summed E-state index contributed by atoms with van der Waals surface area (Å²) in [4.78, 5) is 2.15. The predicted octanol–water partition coefficient (Wildman–Crippen LogP) is 5.47. The van der Waals surface area contributed by atoms with Crippen LogP contribution in [0.5, 0.6) is 0 Å². The van der Waals surface area contributed by atoms with Crippen LogP contribution in [0.3, 0.4) is 0 Å². The number of rotatable bonds is 2. The summed E-state index contributed by atoms with van der Waals surface area (Å²) < 4.78 is 0. The van der Waals surface area contributed by atoms with Gasteiger partial charge in [-0.1, -0.05) is 82.7 Å². The summed E-state index contributed by atoms with van der Waals surface area (Å²) in [6, 6.07) is 4.89. The van der Waals surface area contributed by atoms with Gasteiger partial charge in [-0.05, 0) is 47.0 Å². The van der Waals surface area contributed by atoms with Gasteiger partial charge in [0.05, 0.1) is 0 Å². The van der Waals surface area contributed by atoms with Crippen LogP contribution in [-0.2, 0) is 16.2 Å². The first kappa shape index (κ1) is 20.4. The first-order valence-corrected chi connectivity index (χ1v) is 9.50. The molecular formula is C21H36NP. The van der Waals surface area contributed by atoms with E-state index in [2.05, 4.69) is 99.4 Å². The van der Waals surface area contributed by atoms with E-state index in [0.717, 1.165) is 0 Å². The highest BCUT2D eigenvalue weighted by atomic mass is 31.1. The smallest absolute Gasteiger partial charge is 0.0102 e. The standard InChI is InChI=1S/C21H36NP/c1-19(2,3)15-12-16(20(4,5)6)18(23-14-22(10)11)17(13-15)21(7,8)9/h12-14H,1-11H3. The Morgan fingerprint density at radius 1 is 0.739 bits per heavy atom. The molecule has 1 aromatic carbocycles. The molecule has 130 valence electrons. The Kier molecular flexibility index (Phi) is 5.93. The maximum atomic E-state index is 2.45. The van der Waals surface area contributed by atoms with Crippen LogP contribution in [-0.4, -0.2) is 24.9 Å². The minimum Gasteiger partial charge on any atom is -0.283 e. The van der Waals surface area contributed by atoms with Crippen LogP contribution in [0.2, 0.25) is 0 Å². The summed E-state index contributed by atoms with van der Waals surface area (Å²) in [6.07, 6.45) is 0. The lowest BCUT2D eigenvalue weighted by molar-refractivity contribution is 0.554. The lowest BCUT2D eigenvalue weighted by Gasteiger charge is -2.32. The summed E-state index contributed by atoms with van der Waals surface area (Å²) in [6.45, 7) is 20.9. The molecule has 23 heavy (non-hydrogen) atoms. The van der Waals surface area contributed by atoms with Gasteiger partial charge in [0.2, 0.25) is 0 Å². The van der Waals surface area contributed by atoms with Gasteiger partial charge in [0.25, 0.3) is 0 Å². The first-order chi connectivity index (χ1) is 10.1. The average molecular weight is 334 g/mol. The molecule has 0 radical (unpaired) electrons. The summed E-state index contributed by atoms with van der Waals surface area (Å²) in [7, 11) is 5.49. The monoisotopic (exact) mass is 333 g/mol. The molecule has 0 spiro atoms. The van der Waals surface area contributed by atoms with Crippen molar-refractivity contribution in [3.8, 4) is 0 Å². The Hall–Kier alpha value is -0.650. The van der Waals surface area contributed by atoms with Crippen LogP contribution in [0, 0.1) is 0 Å². The molecule has 0 unspecified atom stereocenters. The number of hydrogen-bond donors (Lipinski definition) is 0. The maximum Gasteiger partial charge on any atom is 0.0102 e. The van der Waals surface area contributed by atoms with Crippen molar-refractivity contribution in [2.24, 2.45) is 0 Å². The number of nitrogens with zero attached hydrogens (tertiary/aromatic N) is 1. The second-order valence-corrected chi connectivity index (χ2v) is 10.8. The Labute approximate surface area is 146 Å². The van der Waals surface area contributed by atoms with E-state index < -0.39 is 0 Å². The van der Waals surface area contributed by atoms with Crippen molar-refractivity contribution in [3.63, 3.8) is 0 Å². The van der Waals surface area contributed by atoms with Crippen molar-refractivity contribution in [2.45, 2.75) is 78.6 Å². The van der Waals surface area contributed by atoms with Crippen molar-refractivity contribution in [2.75, 3.05) is 14.1 Å². The summed E-state index contributed by atoms with van der Waals surface area (Å²) in [5.41, 5.74) is 4.86. The molecule has 1 nitrogen and oxygen atoms in total. The molecule has 0 bridgehead atoms. The molecule has 1 rings (SSSR count). The molecule has 1 aromatic rings. The van der Waals surface area contributed by atoms with Gasteiger partial charge in [-0.25, -0.2) is 0 Å². The zero-order valence-corrected chi connectivity index (χ0v) is 18.0. The van der Waals surface area contributed by atoms with Crippen molar-refractivity contribution in [1.82, 2.24) is 4.90 Å². The van der Waals surface area contributed by atoms with Crippen LogP contribution in [0.25, 0.3) is 0 Å². The molecule has 0 fully saturated rings. The molecule has 0 aliphatic carbocycles. The second-order valence-electron chi connectivity index (χ2n) is 9.88. The van der Waals surface area contributed by atoms with E-state index in [1.807, 2.05) is 0 Å². The zero-order chi connectivity index (χ0) is 18.2. The number of hydrogen-bond acceptors (Lipinski definition) is 0. The Morgan fingerprint density at radius 3 is 1.39 bits per heavy atom. The summed E-state index contributed by atoms with van der Waals surface area (Å²) in [5.74, 6) is 2.26. The van der Waals surface area contributed by atoms with Crippen LogP contribution < -0.4 is 5.30 Å². The molecule has 0 saturated carbocycles. The van der Waals surface area contributed by atoms with Gasteiger partial charge in [-0.2, -0.15) is 0 Å². The highest BCUT2D eigenvalue weighted by Gasteiger charge is 2.28. The van der Waals surface area contributed by atoms with E-state index in [1.165, 1.54) is 30.2 Å². The van der Waals surface area contributed by atoms with Gasteiger partial charge in [-0.15, -0.1) is 0 Å². The van der Waals surface area contributed by atoms with Crippen LogP contribution in [0.4, 0.5) is 0 Å². The molecule has 0 aliphatic heterocycles. The number of benzene rings is 1. The maximum absolute atomic E-state index is 2.45. The lowest BCUT2D eigenvalue weighted by Crippen LogP contribution is -2.30. The molecular weight excluding hydrogens is 297 g/mol. The van der Waals surface area contributed by atoms with Crippen LogP contribution in [0.15, 0.2) is 12.1 Å². The largest absolute Gasteiger partial charge is 0.283 e. The van der Waals surface area contributed by atoms with E-state index in [0.29, 0.717) is 0 Å². The van der Waals surface area contributed by atoms with E-state index in [1.54, 1.807) is 0 Å². The molecule has 0 atom stereocenters. The Bertz CT molecular complexity index is 540. The zero-order valence-electron chi connectivity index (χ0n) is 17.1. The van der Waals surface area contributed by atoms with Crippen molar-refractivity contribution in [1.29, 1.82) is 0 Å². The highest BCUT2D eigenvalue weighted by Crippen LogP contribution is 2.35. The minimum absolute atomic E-state index is 0.143. The van der Waals surface area contributed by atoms with E-state index in [9.17, 15) is 0 Å². The van der Waals surface area contributed by atoms with Crippen molar-refractivity contribution >= 4 is 19.4 Å². The summed E-state index contributed by atoms with van der Waals surface area (Å²) >= 11 is 0. The normalized spacial score (nSPS) is 14.1. The molecule has 0 heterocycles. The van der Waals surface area contributed by atoms with Gasteiger partial charge in [0, 0.05) is 11.2 Å². The van der Waals surface area contributed by atoms with Gasteiger partial charge in [0.15, 0.2) is 0 Å². The molecule has 0 aromatic heterocycles. The van der Waals surface area contributed by atoms with E-state index in [-0.39, 0.29) is 16.2 Å². The van der Waals surface area contributed by atoms with Gasteiger partial charge in [-0.3, -0.25) is 4.90 Å². The molecule has 0 amide bonds. The average Bonchev–Trinajstić information content (AvgIpc) is 2.31. The van der Waals surface area contributed by atoms with Crippen LogP contribution in [0.1, 0.15) is 79.0 Å². The Morgan fingerprint density at radius 2 is 1.13 bits per heavy atom.